The van der Waals surface area contributed by atoms with E-state index in [1.807, 2.05) is 0 Å². The van der Waals surface area contributed by atoms with Gasteiger partial charge in [-0.1, -0.05) is 5.10 Å². The Morgan fingerprint density at radius 3 is 2.75 bits per heavy atom. The number of hydrogen-bond donors (Lipinski definition) is 1. The van der Waals surface area contributed by atoms with Crippen LogP contribution in [0.1, 0.15) is 5.69 Å². The van der Waals surface area contributed by atoms with Crippen LogP contribution in [0.3, 0.4) is 0 Å². The Hall–Kier alpha value is -3.41. The molecular weight excluding hydrogens is 396 g/mol. The van der Waals surface area contributed by atoms with Gasteiger partial charge in [0.15, 0.2) is 11.7 Å². The molecule has 0 bridgehead atoms. The maximum atomic E-state index is 12.2. The minimum absolute atomic E-state index is 0.0265. The first-order valence-corrected chi connectivity index (χ1v) is 8.69. The second-order valence-electron chi connectivity index (χ2n) is 5.55. The number of amides is 1. The van der Waals surface area contributed by atoms with Crippen LogP contribution in [0.15, 0.2) is 35.7 Å². The van der Waals surface area contributed by atoms with Gasteiger partial charge in [0.2, 0.25) is 0 Å². The smallest absolute Gasteiger partial charge is 0.387 e. The normalized spacial score (nSPS) is 10.9. The Morgan fingerprint density at radius 1 is 1.39 bits per heavy atom. The van der Waals surface area contributed by atoms with Crippen LogP contribution in [0, 0.1) is 17.0 Å². The van der Waals surface area contributed by atoms with Crippen LogP contribution in [0.5, 0.6) is 5.75 Å². The summed E-state index contributed by atoms with van der Waals surface area (Å²) in [5.41, 5.74) is 1.61. The van der Waals surface area contributed by atoms with Gasteiger partial charge < -0.3 is 14.9 Å². The number of carbonyl (C=O) groups is 1. The maximum Gasteiger partial charge on any atom is 0.387 e. The van der Waals surface area contributed by atoms with Gasteiger partial charge in [0.05, 0.1) is 17.5 Å². The topological polar surface area (TPSA) is 112 Å². The van der Waals surface area contributed by atoms with Crippen molar-refractivity contribution in [3.8, 4) is 17.0 Å². The quantitative estimate of drug-likeness (QED) is 0.472. The zero-order valence-electron chi connectivity index (χ0n) is 14.3. The van der Waals surface area contributed by atoms with Gasteiger partial charge in [-0.25, -0.2) is 4.98 Å². The molecule has 28 heavy (non-hydrogen) atoms. The monoisotopic (exact) mass is 409 g/mol. The van der Waals surface area contributed by atoms with Crippen LogP contribution in [-0.4, -0.2) is 32.2 Å². The number of carbonyl (C=O) groups excluding carboxylic acids is 1. The van der Waals surface area contributed by atoms with Gasteiger partial charge in [-0.3, -0.25) is 10.1 Å². The highest BCUT2D eigenvalue weighted by Crippen LogP contribution is 2.27. The number of anilines is 1. The predicted octanol–water partition coefficient (Wildman–Crippen LogP) is 3.46. The molecule has 0 aliphatic rings. The first-order valence-electron chi connectivity index (χ1n) is 7.81. The van der Waals surface area contributed by atoms with E-state index in [4.69, 9.17) is 0 Å². The fourth-order valence-electron chi connectivity index (χ4n) is 2.36. The van der Waals surface area contributed by atoms with Crippen molar-refractivity contribution in [2.45, 2.75) is 20.1 Å². The summed E-state index contributed by atoms with van der Waals surface area (Å²) in [6.45, 7) is -1.65. The van der Waals surface area contributed by atoms with E-state index in [0.29, 0.717) is 22.1 Å². The highest BCUT2D eigenvalue weighted by molar-refractivity contribution is 7.14. The molecule has 0 aliphatic heterocycles. The number of rotatable bonds is 7. The zero-order valence-corrected chi connectivity index (χ0v) is 15.2. The molecule has 0 aliphatic carbocycles. The van der Waals surface area contributed by atoms with Crippen LogP contribution in [-0.2, 0) is 11.3 Å². The molecule has 146 valence electrons. The van der Waals surface area contributed by atoms with Crippen molar-refractivity contribution in [3.05, 3.63) is 51.5 Å². The lowest BCUT2D eigenvalue weighted by Gasteiger charge is -2.04. The first-order chi connectivity index (χ1) is 13.3. The van der Waals surface area contributed by atoms with Gasteiger partial charge in [-0.15, -0.1) is 16.0 Å². The molecular formula is C16H13F2N5O4S. The number of nitrogens with one attached hydrogen (secondary N) is 1. The maximum absolute atomic E-state index is 12.2. The summed E-state index contributed by atoms with van der Waals surface area (Å²) in [7, 11) is 0. The third kappa shape index (κ3) is 4.65. The predicted molar refractivity (Wildman–Crippen MR) is 96.4 cm³/mol. The molecule has 0 spiro atoms. The number of aromatic nitrogens is 3. The average Bonchev–Trinajstić information content (AvgIpc) is 3.21. The van der Waals surface area contributed by atoms with Gasteiger partial charge in [0, 0.05) is 10.9 Å². The van der Waals surface area contributed by atoms with Gasteiger partial charge >= 0.3 is 12.4 Å². The lowest BCUT2D eigenvalue weighted by molar-refractivity contribution is -0.392. The molecule has 0 fully saturated rings. The lowest BCUT2D eigenvalue weighted by Crippen LogP contribution is -2.20. The Labute approximate surface area is 160 Å². The Kier molecular flexibility index (Phi) is 5.59. The van der Waals surface area contributed by atoms with Crippen LogP contribution in [0.4, 0.5) is 19.7 Å². The highest BCUT2D eigenvalue weighted by atomic mass is 32.1. The average molecular weight is 409 g/mol. The second kappa shape index (κ2) is 8.08. The highest BCUT2D eigenvalue weighted by Gasteiger charge is 2.20. The number of benzene rings is 1. The van der Waals surface area contributed by atoms with Crippen molar-refractivity contribution < 1.29 is 23.2 Å². The number of nitro groups is 1. The van der Waals surface area contributed by atoms with Gasteiger partial charge in [-0.2, -0.15) is 8.78 Å². The Bertz CT molecular complexity index is 1000. The van der Waals surface area contributed by atoms with Crippen molar-refractivity contribution in [3.63, 3.8) is 0 Å². The van der Waals surface area contributed by atoms with E-state index in [1.165, 1.54) is 18.2 Å². The second-order valence-corrected chi connectivity index (χ2v) is 6.41. The molecule has 0 atom stereocenters. The van der Waals surface area contributed by atoms with Crippen LogP contribution < -0.4 is 10.1 Å². The summed E-state index contributed by atoms with van der Waals surface area (Å²) in [6.07, 6.45) is 0. The number of hydrogen-bond acceptors (Lipinski definition) is 7. The molecule has 3 aromatic rings. The SMILES string of the molecule is Cc1cc([N+](=O)[O-])n(CC(=O)Nc2nc(-c3ccc(OC(F)F)cc3)cs2)n1. The molecule has 3 rings (SSSR count). The van der Waals surface area contributed by atoms with E-state index in [9.17, 15) is 23.7 Å². The van der Waals surface area contributed by atoms with E-state index in [0.717, 1.165) is 16.0 Å². The summed E-state index contributed by atoms with van der Waals surface area (Å²) in [5, 5.41) is 19.4. The molecule has 2 aromatic heterocycles. The number of aryl methyl sites for hydroxylation is 1. The third-order valence-corrected chi connectivity index (χ3v) is 4.24. The minimum Gasteiger partial charge on any atom is -0.435 e. The number of halogens is 2. The van der Waals surface area contributed by atoms with E-state index in [2.05, 4.69) is 20.1 Å². The molecule has 0 saturated carbocycles. The summed E-state index contributed by atoms with van der Waals surface area (Å²) < 4.78 is 29.6. The largest absolute Gasteiger partial charge is 0.435 e. The summed E-state index contributed by atoms with van der Waals surface area (Å²) in [6, 6.07) is 7.18. The number of ether oxygens (including phenoxy) is 1. The van der Waals surface area contributed by atoms with Crippen molar-refractivity contribution in [2.24, 2.45) is 0 Å². The molecule has 2 heterocycles. The third-order valence-electron chi connectivity index (χ3n) is 3.49. The Morgan fingerprint density at radius 2 is 2.11 bits per heavy atom. The Balaban J connectivity index is 1.66. The van der Waals surface area contributed by atoms with E-state index in [1.54, 1.807) is 24.4 Å². The van der Waals surface area contributed by atoms with Crippen molar-refractivity contribution in [2.75, 3.05) is 5.32 Å². The molecule has 1 amide bonds. The number of nitrogens with zero attached hydrogens (tertiary/aromatic N) is 4. The van der Waals surface area contributed by atoms with Crippen molar-refractivity contribution >= 4 is 28.2 Å². The molecule has 0 saturated heterocycles. The van der Waals surface area contributed by atoms with E-state index < -0.39 is 17.4 Å². The fraction of sp³-hybridized carbons (Fsp3) is 0.188. The van der Waals surface area contributed by atoms with E-state index >= 15 is 0 Å². The van der Waals surface area contributed by atoms with Crippen LogP contribution >= 0.6 is 11.3 Å². The molecule has 12 heteroatoms. The number of alkyl halides is 2. The van der Waals surface area contributed by atoms with Crippen molar-refractivity contribution in [1.82, 2.24) is 14.8 Å². The zero-order chi connectivity index (χ0) is 20.3. The van der Waals surface area contributed by atoms with E-state index in [-0.39, 0.29) is 18.1 Å². The van der Waals surface area contributed by atoms with Gasteiger partial charge in [0.1, 0.15) is 5.75 Å². The summed E-state index contributed by atoms with van der Waals surface area (Å²) in [4.78, 5) is 26.7. The summed E-state index contributed by atoms with van der Waals surface area (Å²) in [5.74, 6) is -0.773. The van der Waals surface area contributed by atoms with Crippen molar-refractivity contribution in [1.29, 1.82) is 0 Å². The molecule has 9 nitrogen and oxygen atoms in total. The van der Waals surface area contributed by atoms with Gasteiger partial charge in [-0.05, 0) is 36.1 Å². The fourth-order valence-corrected chi connectivity index (χ4v) is 3.10. The number of thiazole rings is 1. The van der Waals surface area contributed by atoms with Crippen LogP contribution in [0.2, 0.25) is 0 Å². The molecule has 1 N–H and O–H groups in total. The molecule has 1 aromatic carbocycles. The first kappa shape index (κ1) is 19.4. The molecule has 0 unspecified atom stereocenters. The van der Waals surface area contributed by atoms with Crippen LogP contribution in [0.25, 0.3) is 11.3 Å². The molecule has 0 radical (unpaired) electrons. The minimum atomic E-state index is -2.90. The lowest BCUT2D eigenvalue weighted by atomic mass is 10.2. The standard InChI is InChI=1S/C16H13F2N5O4S/c1-9-6-14(23(25)26)22(21-9)7-13(24)20-16-19-12(8-28-16)10-2-4-11(5-3-10)27-15(17)18/h2-6,8,15H,7H2,1H3,(H,19,20,24). The van der Waals surface area contributed by atoms with Gasteiger partial charge in [0.25, 0.3) is 5.91 Å². The summed E-state index contributed by atoms with van der Waals surface area (Å²) >= 11 is 1.16.